The lowest BCUT2D eigenvalue weighted by Crippen LogP contribution is -1.98. The molecule has 1 aromatic carbocycles. The first-order valence-electron chi connectivity index (χ1n) is 6.68. The monoisotopic (exact) mass is 293 g/mol. The first-order chi connectivity index (χ1) is 10.7. The smallest absolute Gasteiger partial charge is 0.162 e. The van der Waals surface area contributed by atoms with E-state index in [1.807, 2.05) is 19.1 Å². The summed E-state index contributed by atoms with van der Waals surface area (Å²) in [5, 5.41) is 0. The van der Waals surface area contributed by atoms with Gasteiger partial charge >= 0.3 is 0 Å². The molecule has 0 N–H and O–H groups in total. The number of aldehydes is 1. The van der Waals surface area contributed by atoms with Crippen molar-refractivity contribution in [2.24, 2.45) is 0 Å². The molecule has 0 aliphatic heterocycles. The van der Waals surface area contributed by atoms with Crippen molar-refractivity contribution in [3.63, 3.8) is 0 Å². The number of hydrogen-bond acceptors (Lipinski definition) is 4. The number of rotatable bonds is 3. The van der Waals surface area contributed by atoms with Crippen LogP contribution in [0, 0.1) is 12.7 Å². The lowest BCUT2D eigenvalue weighted by atomic mass is 10.0. The molecule has 3 rings (SSSR count). The maximum Gasteiger partial charge on any atom is 0.162 e. The molecular weight excluding hydrogens is 281 g/mol. The molecule has 0 spiro atoms. The van der Waals surface area contributed by atoms with Crippen LogP contribution in [0.4, 0.5) is 4.39 Å². The molecule has 0 saturated carbocycles. The van der Waals surface area contributed by atoms with Crippen LogP contribution >= 0.6 is 0 Å². The molecule has 3 aromatic rings. The third-order valence-electron chi connectivity index (χ3n) is 3.25. The lowest BCUT2D eigenvalue weighted by molar-refractivity contribution is 0.112. The second-order valence-electron chi connectivity index (χ2n) is 4.83. The van der Waals surface area contributed by atoms with Gasteiger partial charge in [-0.25, -0.2) is 14.4 Å². The van der Waals surface area contributed by atoms with Gasteiger partial charge in [0.1, 0.15) is 5.82 Å². The zero-order valence-corrected chi connectivity index (χ0v) is 11.8. The van der Waals surface area contributed by atoms with Crippen molar-refractivity contribution >= 4 is 6.29 Å². The van der Waals surface area contributed by atoms with Crippen molar-refractivity contribution in [3.05, 3.63) is 65.9 Å². The molecule has 0 atom stereocenters. The van der Waals surface area contributed by atoms with Crippen LogP contribution in [-0.2, 0) is 0 Å². The number of carbonyl (C=O) groups is 1. The van der Waals surface area contributed by atoms with Gasteiger partial charge in [0, 0.05) is 29.7 Å². The van der Waals surface area contributed by atoms with E-state index in [1.165, 1.54) is 18.5 Å². The van der Waals surface area contributed by atoms with E-state index in [0.29, 0.717) is 17.5 Å². The molecule has 0 fully saturated rings. The summed E-state index contributed by atoms with van der Waals surface area (Å²) < 4.78 is 14.5. The second kappa shape index (κ2) is 5.81. The molecule has 0 aliphatic carbocycles. The number of halogens is 1. The largest absolute Gasteiger partial charge is 0.298 e. The topological polar surface area (TPSA) is 55.7 Å². The Hall–Kier alpha value is -2.95. The van der Waals surface area contributed by atoms with E-state index in [2.05, 4.69) is 15.0 Å². The summed E-state index contributed by atoms with van der Waals surface area (Å²) in [4.78, 5) is 23.6. The summed E-state index contributed by atoms with van der Waals surface area (Å²) >= 11 is 0. The maximum absolute atomic E-state index is 14.5. The zero-order valence-electron chi connectivity index (χ0n) is 11.8. The molecule has 0 saturated heterocycles. The van der Waals surface area contributed by atoms with Crippen LogP contribution in [-0.4, -0.2) is 21.2 Å². The van der Waals surface area contributed by atoms with Crippen LogP contribution in [0.5, 0.6) is 0 Å². The Labute approximate surface area is 126 Å². The van der Waals surface area contributed by atoms with Crippen molar-refractivity contribution in [1.82, 2.24) is 15.0 Å². The third kappa shape index (κ3) is 2.61. The normalized spacial score (nSPS) is 10.5. The fourth-order valence-electron chi connectivity index (χ4n) is 2.23. The molecular formula is C17H12FN3O. The maximum atomic E-state index is 14.5. The van der Waals surface area contributed by atoms with Gasteiger partial charge in [-0.05, 0) is 42.8 Å². The molecule has 0 amide bonds. The molecule has 2 aromatic heterocycles. The van der Waals surface area contributed by atoms with Crippen LogP contribution < -0.4 is 0 Å². The standard InChI is InChI=1S/C17H12FN3O/c1-11-3-6-19-15(7-11)12-8-13(10-22)16(14(18)9-12)17-20-4-2-5-21-17/h2-10H,1H3. The fourth-order valence-corrected chi connectivity index (χ4v) is 2.23. The predicted molar refractivity (Wildman–Crippen MR) is 80.8 cm³/mol. The molecule has 22 heavy (non-hydrogen) atoms. The summed E-state index contributed by atoms with van der Waals surface area (Å²) in [5.74, 6) is -0.361. The number of nitrogens with zero attached hydrogens (tertiary/aromatic N) is 3. The summed E-state index contributed by atoms with van der Waals surface area (Å²) in [5.41, 5.74) is 2.47. The van der Waals surface area contributed by atoms with Crippen LogP contribution in [0.1, 0.15) is 15.9 Å². The number of hydrogen-bond donors (Lipinski definition) is 0. The first-order valence-corrected chi connectivity index (χ1v) is 6.68. The van der Waals surface area contributed by atoms with Crippen LogP contribution in [0.15, 0.2) is 48.9 Å². The molecule has 0 aliphatic rings. The minimum Gasteiger partial charge on any atom is -0.298 e. The van der Waals surface area contributed by atoms with Crippen molar-refractivity contribution in [2.75, 3.05) is 0 Å². The van der Waals surface area contributed by atoms with Gasteiger partial charge in [-0.15, -0.1) is 0 Å². The molecule has 4 nitrogen and oxygen atoms in total. The minimum atomic E-state index is -0.547. The second-order valence-corrected chi connectivity index (χ2v) is 4.83. The Morgan fingerprint density at radius 1 is 1.05 bits per heavy atom. The molecule has 0 unspecified atom stereocenters. The average Bonchev–Trinajstić information content (AvgIpc) is 2.54. The van der Waals surface area contributed by atoms with Crippen molar-refractivity contribution < 1.29 is 9.18 Å². The first kappa shape index (κ1) is 14.0. The van der Waals surface area contributed by atoms with E-state index < -0.39 is 5.82 Å². The lowest BCUT2D eigenvalue weighted by Gasteiger charge is -2.09. The van der Waals surface area contributed by atoms with Gasteiger partial charge in [0.05, 0.1) is 11.3 Å². The highest BCUT2D eigenvalue weighted by molar-refractivity contribution is 5.88. The van der Waals surface area contributed by atoms with Gasteiger partial charge in [-0.1, -0.05) is 0 Å². The Morgan fingerprint density at radius 2 is 1.82 bits per heavy atom. The van der Waals surface area contributed by atoms with Crippen molar-refractivity contribution in [3.8, 4) is 22.6 Å². The highest BCUT2D eigenvalue weighted by Crippen LogP contribution is 2.28. The summed E-state index contributed by atoms with van der Waals surface area (Å²) in [6.45, 7) is 1.92. The van der Waals surface area contributed by atoms with Gasteiger partial charge < -0.3 is 0 Å². The van der Waals surface area contributed by atoms with Gasteiger partial charge in [0.25, 0.3) is 0 Å². The van der Waals surface area contributed by atoms with Crippen LogP contribution in [0.3, 0.4) is 0 Å². The molecule has 0 radical (unpaired) electrons. The van der Waals surface area contributed by atoms with Gasteiger partial charge in [-0.2, -0.15) is 0 Å². The number of carbonyl (C=O) groups excluding carboxylic acids is 1. The van der Waals surface area contributed by atoms with Gasteiger partial charge in [-0.3, -0.25) is 9.78 Å². The molecule has 2 heterocycles. The van der Waals surface area contributed by atoms with Gasteiger partial charge in [0.2, 0.25) is 0 Å². The summed E-state index contributed by atoms with van der Waals surface area (Å²) in [7, 11) is 0. The van der Waals surface area contributed by atoms with Crippen molar-refractivity contribution in [1.29, 1.82) is 0 Å². The van der Waals surface area contributed by atoms with E-state index in [4.69, 9.17) is 0 Å². The Kier molecular flexibility index (Phi) is 3.70. The molecule has 108 valence electrons. The molecule has 5 heteroatoms. The molecule has 0 bridgehead atoms. The number of aryl methyl sites for hydroxylation is 1. The van der Waals surface area contributed by atoms with Gasteiger partial charge in [0.15, 0.2) is 12.1 Å². The SMILES string of the molecule is Cc1ccnc(-c2cc(F)c(-c3ncccn3)c(C=O)c2)c1. The average molecular weight is 293 g/mol. The van der Waals surface area contributed by atoms with Crippen molar-refractivity contribution in [2.45, 2.75) is 6.92 Å². The van der Waals surface area contributed by atoms with Crippen LogP contribution in [0.25, 0.3) is 22.6 Å². The quantitative estimate of drug-likeness (QED) is 0.694. The third-order valence-corrected chi connectivity index (χ3v) is 3.25. The Bertz CT molecular complexity index is 835. The Balaban J connectivity index is 2.18. The zero-order chi connectivity index (χ0) is 15.5. The highest BCUT2D eigenvalue weighted by atomic mass is 19.1. The van der Waals surface area contributed by atoms with E-state index in [1.54, 1.807) is 18.3 Å². The number of pyridine rings is 1. The number of benzene rings is 1. The fraction of sp³-hybridized carbons (Fsp3) is 0.0588. The van der Waals surface area contributed by atoms with E-state index in [9.17, 15) is 9.18 Å². The number of aromatic nitrogens is 3. The minimum absolute atomic E-state index is 0.104. The van der Waals surface area contributed by atoms with Crippen LogP contribution in [0.2, 0.25) is 0 Å². The van der Waals surface area contributed by atoms with E-state index in [0.717, 1.165) is 5.56 Å². The highest BCUT2D eigenvalue weighted by Gasteiger charge is 2.16. The summed E-state index contributed by atoms with van der Waals surface area (Å²) in [6, 6.07) is 8.27. The predicted octanol–water partition coefficient (Wildman–Crippen LogP) is 3.47. The van der Waals surface area contributed by atoms with E-state index >= 15 is 0 Å². The van der Waals surface area contributed by atoms with E-state index in [-0.39, 0.29) is 17.0 Å². The Morgan fingerprint density at radius 3 is 2.50 bits per heavy atom. The summed E-state index contributed by atoms with van der Waals surface area (Å²) in [6.07, 6.45) is 5.27.